The molecule has 2 N–H and O–H groups in total. The van der Waals surface area contributed by atoms with Crippen molar-refractivity contribution in [2.45, 2.75) is 14.6 Å². The van der Waals surface area contributed by atoms with Gasteiger partial charge in [0.2, 0.25) is 0 Å². The second-order valence-corrected chi connectivity index (χ2v) is 12.7. The molecule has 0 aliphatic carbocycles. The smallest absolute Gasteiger partial charge is 0.424 e. The van der Waals surface area contributed by atoms with Crippen LogP contribution >= 0.6 is 53.9 Å². The molecule has 3 rings (SSSR count). The van der Waals surface area contributed by atoms with Crippen LogP contribution in [-0.2, 0) is 14.6 Å². The lowest BCUT2D eigenvalue weighted by Crippen LogP contribution is -2.25. The van der Waals surface area contributed by atoms with E-state index in [9.17, 15) is 31.0 Å². The summed E-state index contributed by atoms with van der Waals surface area (Å²) in [6.45, 7) is 0. The van der Waals surface area contributed by atoms with Gasteiger partial charge in [-0.3, -0.25) is 0 Å². The van der Waals surface area contributed by atoms with Crippen LogP contribution in [0.4, 0.5) is 13.2 Å². The van der Waals surface area contributed by atoms with Crippen LogP contribution in [0.1, 0.15) is 0 Å². The number of halogens is 5. The van der Waals surface area contributed by atoms with Crippen LogP contribution in [-0.4, -0.2) is 25.1 Å². The Morgan fingerprint density at radius 3 is 2.32 bits per heavy atom. The third-order valence-corrected chi connectivity index (χ3v) is 9.39. The Morgan fingerprint density at radius 1 is 1.13 bits per heavy atom. The molecule has 0 aliphatic rings. The van der Waals surface area contributed by atoms with Crippen molar-refractivity contribution >= 4 is 74.0 Å². The van der Waals surface area contributed by atoms with Gasteiger partial charge in [0.15, 0.2) is 0 Å². The number of fused-ring (bicyclic) bond motifs is 1. The summed E-state index contributed by atoms with van der Waals surface area (Å²) in [7, 11) is -8.71. The van der Waals surface area contributed by atoms with Crippen LogP contribution < -0.4 is 9.25 Å². The number of nitrogens with one attached hydrogen (secondary N) is 1. The first kappa shape index (κ1) is 24.7. The number of sulfonamides is 1. The number of hydrogen-bond donors (Lipinski definition) is 2. The quantitative estimate of drug-likeness (QED) is 0.263. The SMILES string of the molecule is O=P(O)(CNS(=O)(=O)c1cc2c(Cl)ccc(Cl)c2s1)Oc1ccc(SC(F)(F)F)cc1. The zero-order valence-electron chi connectivity index (χ0n) is 14.9. The predicted octanol–water partition coefficient (Wildman–Crippen LogP) is 6.32. The van der Waals surface area contributed by atoms with E-state index >= 15 is 0 Å². The monoisotopic (exact) mass is 551 g/mol. The maximum absolute atomic E-state index is 12.5. The maximum Gasteiger partial charge on any atom is 0.446 e. The number of rotatable bonds is 7. The third kappa shape index (κ3) is 6.52. The minimum absolute atomic E-state index is 0.143. The van der Waals surface area contributed by atoms with E-state index in [4.69, 9.17) is 27.7 Å². The van der Waals surface area contributed by atoms with Gasteiger partial charge in [-0.25, -0.2) is 13.0 Å². The molecule has 15 heteroatoms. The molecule has 31 heavy (non-hydrogen) atoms. The fraction of sp³-hybridized carbons (Fsp3) is 0.125. The lowest BCUT2D eigenvalue weighted by molar-refractivity contribution is -0.0328. The van der Waals surface area contributed by atoms with Crippen LogP contribution in [0.5, 0.6) is 5.75 Å². The second kappa shape index (κ2) is 9.11. The minimum Gasteiger partial charge on any atom is -0.424 e. The number of thioether (sulfide) groups is 1. The van der Waals surface area contributed by atoms with Crippen molar-refractivity contribution in [2.75, 3.05) is 6.29 Å². The van der Waals surface area contributed by atoms with Crippen LogP contribution in [0.25, 0.3) is 10.1 Å². The van der Waals surface area contributed by atoms with E-state index < -0.39 is 29.4 Å². The molecule has 0 saturated heterocycles. The summed E-state index contributed by atoms with van der Waals surface area (Å²) in [5, 5.41) is 1.01. The summed E-state index contributed by atoms with van der Waals surface area (Å²) >= 11 is 12.6. The van der Waals surface area contributed by atoms with Gasteiger partial charge in [0.05, 0.1) is 9.72 Å². The van der Waals surface area contributed by atoms with Crippen molar-refractivity contribution in [1.82, 2.24) is 4.72 Å². The lowest BCUT2D eigenvalue weighted by atomic mass is 10.3. The molecule has 0 amide bonds. The molecule has 6 nitrogen and oxygen atoms in total. The Kier molecular flexibility index (Phi) is 7.24. The molecule has 1 aromatic heterocycles. The van der Waals surface area contributed by atoms with Crippen molar-refractivity contribution in [3.8, 4) is 5.75 Å². The van der Waals surface area contributed by atoms with Crippen LogP contribution in [0.3, 0.4) is 0 Å². The fourth-order valence-corrected chi connectivity index (χ4v) is 7.34. The molecule has 0 aliphatic heterocycles. The largest absolute Gasteiger partial charge is 0.446 e. The molecule has 2 aromatic carbocycles. The molecule has 0 bridgehead atoms. The zero-order chi connectivity index (χ0) is 23.0. The Hall–Kier alpha value is -0.980. The van der Waals surface area contributed by atoms with Crippen molar-refractivity contribution in [3.05, 3.63) is 52.5 Å². The van der Waals surface area contributed by atoms with Crippen LogP contribution in [0, 0.1) is 0 Å². The summed E-state index contributed by atoms with van der Waals surface area (Å²) in [5.41, 5.74) is -4.48. The Labute approximate surface area is 192 Å². The molecule has 3 aromatic rings. The van der Waals surface area contributed by atoms with Gasteiger partial charge in [-0.2, -0.15) is 17.9 Å². The topological polar surface area (TPSA) is 92.7 Å². The van der Waals surface area contributed by atoms with Crippen LogP contribution in [0.15, 0.2) is 51.6 Å². The summed E-state index contributed by atoms with van der Waals surface area (Å²) < 4.78 is 81.4. The van der Waals surface area contributed by atoms with E-state index in [0.29, 0.717) is 20.1 Å². The first-order valence-corrected chi connectivity index (χ1v) is 13.6. The minimum atomic E-state index is -4.51. The lowest BCUT2D eigenvalue weighted by Gasteiger charge is -2.14. The molecule has 1 atom stereocenters. The molecular formula is C16H11Cl2F3NO5PS3. The van der Waals surface area contributed by atoms with Gasteiger partial charge < -0.3 is 9.42 Å². The zero-order valence-corrected chi connectivity index (χ0v) is 19.7. The number of alkyl halides is 3. The van der Waals surface area contributed by atoms with Crippen molar-refractivity contribution < 1.29 is 35.6 Å². The molecule has 0 radical (unpaired) electrons. The highest BCUT2D eigenvalue weighted by Gasteiger charge is 2.30. The average Bonchev–Trinajstić information content (AvgIpc) is 3.12. The van der Waals surface area contributed by atoms with Gasteiger partial charge in [-0.05, 0) is 54.2 Å². The number of hydrogen-bond acceptors (Lipinski definition) is 6. The Balaban J connectivity index is 1.70. The summed E-state index contributed by atoms with van der Waals surface area (Å²) in [6.07, 6.45) is -0.968. The van der Waals surface area contributed by atoms with Crippen molar-refractivity contribution in [3.63, 3.8) is 0 Å². The predicted molar refractivity (Wildman–Crippen MR) is 116 cm³/mol. The third-order valence-electron chi connectivity index (χ3n) is 3.58. The highest BCUT2D eigenvalue weighted by molar-refractivity contribution is 8.00. The van der Waals surface area contributed by atoms with Gasteiger partial charge in [-0.15, -0.1) is 11.3 Å². The molecule has 0 saturated carbocycles. The molecule has 1 unspecified atom stereocenters. The van der Waals surface area contributed by atoms with E-state index in [2.05, 4.69) is 0 Å². The van der Waals surface area contributed by atoms with E-state index in [1.54, 1.807) is 0 Å². The fourth-order valence-electron chi connectivity index (χ4n) is 2.30. The standard InChI is InChI=1S/C16H11Cl2F3NO5PS3/c17-12-5-6-13(18)15-11(12)7-14(29-15)31(25,26)22-8-28(23,24)27-9-1-3-10(4-2-9)30-16(19,20)21/h1-7,22H,8H2,(H,23,24). The van der Waals surface area contributed by atoms with Gasteiger partial charge in [0.1, 0.15) is 16.2 Å². The summed E-state index contributed by atoms with van der Waals surface area (Å²) in [6, 6.07) is 8.57. The maximum atomic E-state index is 12.5. The van der Waals surface area contributed by atoms with Gasteiger partial charge in [0.25, 0.3) is 10.0 Å². The van der Waals surface area contributed by atoms with E-state index in [0.717, 1.165) is 35.6 Å². The normalized spacial score (nSPS) is 14.5. The average molecular weight is 552 g/mol. The highest BCUT2D eigenvalue weighted by Crippen LogP contribution is 2.44. The summed E-state index contributed by atoms with van der Waals surface area (Å²) in [4.78, 5) is 9.80. The molecular weight excluding hydrogens is 541 g/mol. The Bertz CT molecular complexity index is 1230. The molecule has 168 valence electrons. The highest BCUT2D eigenvalue weighted by atomic mass is 35.5. The Morgan fingerprint density at radius 2 is 1.74 bits per heavy atom. The first-order valence-electron chi connectivity index (χ1n) is 8.00. The van der Waals surface area contributed by atoms with E-state index in [1.165, 1.54) is 18.2 Å². The first-order chi connectivity index (χ1) is 14.3. The van der Waals surface area contributed by atoms with Gasteiger partial charge in [-0.1, -0.05) is 23.2 Å². The molecule has 0 spiro atoms. The summed E-state index contributed by atoms with van der Waals surface area (Å²) in [5.74, 6) is -0.197. The van der Waals surface area contributed by atoms with Crippen molar-refractivity contribution in [2.24, 2.45) is 0 Å². The second-order valence-electron chi connectivity index (χ2n) is 5.89. The van der Waals surface area contributed by atoms with Gasteiger partial charge >= 0.3 is 13.1 Å². The molecule has 0 fully saturated rings. The van der Waals surface area contributed by atoms with E-state index in [-0.39, 0.29) is 26.6 Å². The van der Waals surface area contributed by atoms with Gasteiger partial charge in [0, 0.05) is 15.3 Å². The number of benzene rings is 2. The number of thiophene rings is 1. The molecule has 1 heterocycles. The van der Waals surface area contributed by atoms with Crippen LogP contribution in [0.2, 0.25) is 10.0 Å². The van der Waals surface area contributed by atoms with Crippen molar-refractivity contribution in [1.29, 1.82) is 0 Å². The van der Waals surface area contributed by atoms with E-state index in [1.807, 2.05) is 4.72 Å².